The number of piperazine rings is 1. The van der Waals surface area contributed by atoms with Crippen molar-refractivity contribution in [3.05, 3.63) is 17.5 Å². The molecule has 98 valence electrons. The van der Waals surface area contributed by atoms with Crippen molar-refractivity contribution in [3.8, 4) is 0 Å². The topological polar surface area (TPSA) is 87.5 Å². The first-order chi connectivity index (χ1) is 8.66. The van der Waals surface area contributed by atoms with Gasteiger partial charge in [0.2, 0.25) is 0 Å². The second kappa shape index (κ2) is 5.63. The Balaban J connectivity index is 1.81. The molecular weight excluding hydrogens is 236 g/mol. The van der Waals surface area contributed by atoms with Gasteiger partial charge in [0.1, 0.15) is 0 Å². The fourth-order valence-corrected chi connectivity index (χ4v) is 1.75. The van der Waals surface area contributed by atoms with Crippen LogP contribution in [0.4, 0.5) is 0 Å². The fraction of sp³-hybridized carbons (Fsp3) is 0.545. The van der Waals surface area contributed by atoms with Crippen molar-refractivity contribution in [1.29, 1.82) is 0 Å². The predicted octanol–water partition coefficient (Wildman–Crippen LogP) is -0.969. The van der Waals surface area contributed by atoms with Gasteiger partial charge in [-0.1, -0.05) is 5.16 Å². The van der Waals surface area contributed by atoms with Crippen LogP contribution in [0.3, 0.4) is 0 Å². The second-order valence-corrected chi connectivity index (χ2v) is 4.16. The summed E-state index contributed by atoms with van der Waals surface area (Å²) >= 11 is 0. The van der Waals surface area contributed by atoms with Crippen molar-refractivity contribution in [2.75, 3.05) is 26.2 Å². The van der Waals surface area contributed by atoms with Gasteiger partial charge in [0, 0.05) is 32.2 Å². The molecule has 2 rings (SSSR count). The molecule has 7 nitrogen and oxygen atoms in total. The molecule has 0 radical (unpaired) electrons. The minimum atomic E-state index is -0.606. The van der Waals surface area contributed by atoms with Gasteiger partial charge in [0.05, 0.1) is 12.2 Å². The normalized spacial score (nSPS) is 15.5. The standard InChI is InChI=1S/C11H16N4O3/c1-8-6-9(18-14-8)7-13-10(16)11(17)15-4-2-12-3-5-15/h6,12H,2-5,7H2,1H3,(H,13,16). The van der Waals surface area contributed by atoms with Crippen LogP contribution in [-0.2, 0) is 16.1 Å². The highest BCUT2D eigenvalue weighted by molar-refractivity contribution is 6.34. The zero-order valence-corrected chi connectivity index (χ0v) is 10.2. The van der Waals surface area contributed by atoms with E-state index in [4.69, 9.17) is 4.52 Å². The largest absolute Gasteiger partial charge is 0.359 e. The molecule has 2 N–H and O–H groups in total. The maximum Gasteiger partial charge on any atom is 0.311 e. The molecule has 0 unspecified atom stereocenters. The van der Waals surface area contributed by atoms with Crippen LogP contribution in [0.15, 0.2) is 10.6 Å². The summed E-state index contributed by atoms with van der Waals surface area (Å²) in [6.45, 7) is 4.54. The van der Waals surface area contributed by atoms with Crippen LogP contribution < -0.4 is 10.6 Å². The van der Waals surface area contributed by atoms with Crippen molar-refractivity contribution >= 4 is 11.8 Å². The highest BCUT2D eigenvalue weighted by Crippen LogP contribution is 2.01. The van der Waals surface area contributed by atoms with Crippen molar-refractivity contribution in [1.82, 2.24) is 20.7 Å². The lowest BCUT2D eigenvalue weighted by molar-refractivity contribution is -0.146. The number of carbonyl (C=O) groups is 2. The van der Waals surface area contributed by atoms with Gasteiger partial charge in [-0.05, 0) is 6.92 Å². The quantitative estimate of drug-likeness (QED) is 0.661. The van der Waals surface area contributed by atoms with Crippen molar-refractivity contribution in [2.24, 2.45) is 0 Å². The Kier molecular flexibility index (Phi) is 3.93. The van der Waals surface area contributed by atoms with Crippen LogP contribution in [0.25, 0.3) is 0 Å². The fourth-order valence-electron chi connectivity index (χ4n) is 1.75. The highest BCUT2D eigenvalue weighted by atomic mass is 16.5. The third-order valence-corrected chi connectivity index (χ3v) is 2.70. The number of aryl methyl sites for hydroxylation is 1. The minimum absolute atomic E-state index is 0.178. The van der Waals surface area contributed by atoms with E-state index in [1.807, 2.05) is 0 Å². The molecule has 1 aliphatic rings. The number of hydrogen-bond donors (Lipinski definition) is 2. The number of nitrogens with zero attached hydrogens (tertiary/aromatic N) is 2. The molecule has 1 fully saturated rings. The first-order valence-electron chi connectivity index (χ1n) is 5.87. The lowest BCUT2D eigenvalue weighted by Gasteiger charge is -2.26. The molecule has 0 bridgehead atoms. The third kappa shape index (κ3) is 3.07. The molecule has 7 heteroatoms. The van der Waals surface area contributed by atoms with E-state index in [0.29, 0.717) is 18.8 Å². The summed E-state index contributed by atoms with van der Waals surface area (Å²) in [4.78, 5) is 24.9. The van der Waals surface area contributed by atoms with Gasteiger partial charge in [-0.2, -0.15) is 0 Å². The summed E-state index contributed by atoms with van der Waals surface area (Å²) < 4.78 is 4.94. The summed E-state index contributed by atoms with van der Waals surface area (Å²) in [6.07, 6.45) is 0. The Hall–Kier alpha value is -1.89. The maximum atomic E-state index is 11.8. The van der Waals surface area contributed by atoms with Gasteiger partial charge in [-0.3, -0.25) is 9.59 Å². The molecule has 1 aliphatic heterocycles. The Morgan fingerprint density at radius 2 is 2.22 bits per heavy atom. The number of rotatable bonds is 2. The summed E-state index contributed by atoms with van der Waals surface area (Å²) in [5.74, 6) is -0.562. The van der Waals surface area contributed by atoms with Crippen LogP contribution in [0.1, 0.15) is 11.5 Å². The van der Waals surface area contributed by atoms with Gasteiger partial charge in [-0.25, -0.2) is 0 Å². The average molecular weight is 252 g/mol. The summed E-state index contributed by atoms with van der Waals surface area (Å²) in [5, 5.41) is 9.34. The predicted molar refractivity (Wildman–Crippen MR) is 62.5 cm³/mol. The molecule has 0 aromatic carbocycles. The lowest BCUT2D eigenvalue weighted by Crippen LogP contribution is -2.51. The molecule has 2 amide bonds. The van der Waals surface area contributed by atoms with E-state index in [1.54, 1.807) is 13.0 Å². The van der Waals surface area contributed by atoms with E-state index < -0.39 is 11.8 Å². The number of hydrogen-bond acceptors (Lipinski definition) is 5. The van der Waals surface area contributed by atoms with Crippen LogP contribution in [0.2, 0.25) is 0 Å². The molecule has 0 atom stereocenters. The van der Waals surface area contributed by atoms with E-state index in [2.05, 4.69) is 15.8 Å². The summed E-state index contributed by atoms with van der Waals surface area (Å²) in [5.41, 5.74) is 0.743. The van der Waals surface area contributed by atoms with Crippen molar-refractivity contribution in [3.63, 3.8) is 0 Å². The first kappa shape index (κ1) is 12.6. The Bertz CT molecular complexity index is 437. The van der Waals surface area contributed by atoms with Crippen LogP contribution in [0, 0.1) is 6.92 Å². The van der Waals surface area contributed by atoms with Crippen LogP contribution in [0.5, 0.6) is 0 Å². The SMILES string of the molecule is Cc1cc(CNC(=O)C(=O)N2CCNCC2)on1. The molecule has 0 spiro atoms. The second-order valence-electron chi connectivity index (χ2n) is 4.16. The van der Waals surface area contributed by atoms with E-state index in [1.165, 1.54) is 4.90 Å². The number of nitrogens with one attached hydrogen (secondary N) is 2. The number of carbonyl (C=O) groups excluding carboxylic acids is 2. The Labute approximate surface area is 104 Å². The zero-order chi connectivity index (χ0) is 13.0. The number of aromatic nitrogens is 1. The van der Waals surface area contributed by atoms with Crippen molar-refractivity contribution < 1.29 is 14.1 Å². The van der Waals surface area contributed by atoms with Crippen molar-refractivity contribution in [2.45, 2.75) is 13.5 Å². The monoisotopic (exact) mass is 252 g/mol. The van der Waals surface area contributed by atoms with Gasteiger partial charge in [0.25, 0.3) is 0 Å². The molecule has 18 heavy (non-hydrogen) atoms. The molecule has 1 aromatic rings. The Morgan fingerprint density at radius 1 is 1.50 bits per heavy atom. The molecule has 0 aliphatic carbocycles. The number of amides is 2. The van der Waals surface area contributed by atoms with E-state index in [9.17, 15) is 9.59 Å². The average Bonchev–Trinajstić information content (AvgIpc) is 2.82. The summed E-state index contributed by atoms with van der Waals surface area (Å²) in [6, 6.07) is 1.72. The van der Waals surface area contributed by atoms with Gasteiger partial charge < -0.3 is 20.1 Å². The molecule has 2 heterocycles. The van der Waals surface area contributed by atoms with Crippen LogP contribution >= 0.6 is 0 Å². The molecule has 1 saturated heterocycles. The van der Waals surface area contributed by atoms with E-state index in [0.717, 1.165) is 18.8 Å². The zero-order valence-electron chi connectivity index (χ0n) is 10.2. The highest BCUT2D eigenvalue weighted by Gasteiger charge is 2.22. The smallest absolute Gasteiger partial charge is 0.311 e. The first-order valence-corrected chi connectivity index (χ1v) is 5.87. The molecule has 0 saturated carbocycles. The van der Waals surface area contributed by atoms with E-state index in [-0.39, 0.29) is 6.54 Å². The third-order valence-electron chi connectivity index (χ3n) is 2.70. The van der Waals surface area contributed by atoms with Gasteiger partial charge >= 0.3 is 11.8 Å². The summed E-state index contributed by atoms with van der Waals surface area (Å²) in [7, 11) is 0. The Morgan fingerprint density at radius 3 is 2.83 bits per heavy atom. The maximum absolute atomic E-state index is 11.8. The van der Waals surface area contributed by atoms with Gasteiger partial charge in [0.15, 0.2) is 5.76 Å². The molecule has 1 aromatic heterocycles. The van der Waals surface area contributed by atoms with Gasteiger partial charge in [-0.15, -0.1) is 0 Å². The van der Waals surface area contributed by atoms with Crippen LogP contribution in [-0.4, -0.2) is 48.0 Å². The lowest BCUT2D eigenvalue weighted by atomic mass is 10.3. The minimum Gasteiger partial charge on any atom is -0.359 e. The molecular formula is C11H16N4O3. The van der Waals surface area contributed by atoms with E-state index >= 15 is 0 Å².